The second-order valence-corrected chi connectivity index (χ2v) is 8.62. The highest BCUT2D eigenvalue weighted by Crippen LogP contribution is 2.30. The molecule has 0 N–H and O–H groups in total. The summed E-state index contributed by atoms with van der Waals surface area (Å²) in [5.74, 6) is 0.543. The number of esters is 1. The summed E-state index contributed by atoms with van der Waals surface area (Å²) in [4.78, 5) is 25.1. The van der Waals surface area contributed by atoms with Gasteiger partial charge >= 0.3 is 5.97 Å². The van der Waals surface area contributed by atoms with Gasteiger partial charge in [-0.25, -0.2) is 4.79 Å². The molecule has 1 heterocycles. The van der Waals surface area contributed by atoms with Gasteiger partial charge in [-0.1, -0.05) is 61.3 Å². The summed E-state index contributed by atoms with van der Waals surface area (Å²) < 4.78 is 16.8. The summed E-state index contributed by atoms with van der Waals surface area (Å²) in [5.41, 5.74) is 1.63. The van der Waals surface area contributed by atoms with E-state index in [1.165, 1.54) is 30.5 Å². The Labute approximate surface area is 206 Å². The number of carbonyl (C=O) groups is 1. The van der Waals surface area contributed by atoms with Gasteiger partial charge in [0.15, 0.2) is 0 Å². The summed E-state index contributed by atoms with van der Waals surface area (Å²) in [6.45, 7) is 4.10. The zero-order valence-corrected chi connectivity index (χ0v) is 19.9. The first-order valence-electron chi connectivity index (χ1n) is 10.5. The summed E-state index contributed by atoms with van der Waals surface area (Å²) in [6, 6.07) is 17.1. The molecule has 0 aliphatic rings. The third-order valence-corrected chi connectivity index (χ3v) is 5.79. The molecule has 4 aromatic rings. The van der Waals surface area contributed by atoms with Gasteiger partial charge in [-0.2, -0.15) is 0 Å². The number of ether oxygens (including phenoxy) is 2. The fourth-order valence-electron chi connectivity index (χ4n) is 3.32. The molecule has 0 atom stereocenters. The Kier molecular flexibility index (Phi) is 7.06. The molecule has 1 aromatic heterocycles. The predicted molar refractivity (Wildman–Crippen MR) is 134 cm³/mol. The third-order valence-electron chi connectivity index (χ3n) is 5.05. The average Bonchev–Trinajstić information content (AvgIpc) is 2.82. The molecule has 172 valence electrons. The van der Waals surface area contributed by atoms with Crippen LogP contribution in [-0.2, 0) is 4.79 Å². The minimum Gasteiger partial charge on any atom is -0.460 e. The summed E-state index contributed by atoms with van der Waals surface area (Å²) in [7, 11) is 0. The lowest BCUT2D eigenvalue weighted by Crippen LogP contribution is -2.07. The fourth-order valence-corrected chi connectivity index (χ4v) is 3.63. The lowest BCUT2D eigenvalue weighted by atomic mass is 10.0. The van der Waals surface area contributed by atoms with Crippen LogP contribution in [0.15, 0.2) is 82.2 Å². The Balaban J connectivity index is 1.52. The second kappa shape index (κ2) is 10.2. The van der Waals surface area contributed by atoms with Crippen LogP contribution in [0.4, 0.5) is 0 Å². The number of fused-ring (bicyclic) bond motifs is 1. The molecule has 0 bridgehead atoms. The van der Waals surface area contributed by atoms with Gasteiger partial charge in [0.25, 0.3) is 0 Å². The molecule has 0 unspecified atom stereocenters. The maximum Gasteiger partial charge on any atom is 0.336 e. The fraction of sp³-hybridized carbons (Fsp3) is 0.111. The average molecular weight is 495 g/mol. The molecule has 0 saturated heterocycles. The summed E-state index contributed by atoms with van der Waals surface area (Å²) >= 11 is 11.9. The Hall–Kier alpha value is -3.54. The number of carbonyl (C=O) groups excluding carboxylic acids is 1. The Bertz CT molecular complexity index is 1450. The lowest BCUT2D eigenvalue weighted by Gasteiger charge is -2.13. The lowest BCUT2D eigenvalue weighted by molar-refractivity contribution is -0.128. The molecule has 7 heteroatoms. The van der Waals surface area contributed by atoms with E-state index in [1.807, 2.05) is 38.1 Å². The smallest absolute Gasteiger partial charge is 0.336 e. The topological polar surface area (TPSA) is 65.7 Å². The van der Waals surface area contributed by atoms with Crippen LogP contribution in [0.1, 0.15) is 30.9 Å². The highest BCUT2D eigenvalue weighted by molar-refractivity contribution is 6.42. The SMILES string of the molecule is CC(C)c1ccccc1Oc1coc2cc(OC(=O)C=Cc3ccc(Cl)c(Cl)c3)ccc2c1=O. The van der Waals surface area contributed by atoms with Gasteiger partial charge in [0.2, 0.25) is 11.2 Å². The Morgan fingerprint density at radius 3 is 2.53 bits per heavy atom. The van der Waals surface area contributed by atoms with Crippen molar-refractivity contribution < 1.29 is 18.7 Å². The van der Waals surface area contributed by atoms with Crippen molar-refractivity contribution >= 4 is 46.2 Å². The molecule has 0 aliphatic carbocycles. The normalized spacial score (nSPS) is 11.3. The molecule has 0 saturated carbocycles. The van der Waals surface area contributed by atoms with Crippen LogP contribution in [-0.4, -0.2) is 5.97 Å². The number of hydrogen-bond donors (Lipinski definition) is 0. The van der Waals surface area contributed by atoms with Crippen LogP contribution in [0.2, 0.25) is 10.0 Å². The van der Waals surface area contributed by atoms with Gasteiger partial charge in [0.05, 0.1) is 15.4 Å². The van der Waals surface area contributed by atoms with Gasteiger partial charge in [0.1, 0.15) is 23.3 Å². The summed E-state index contributed by atoms with van der Waals surface area (Å²) in [5, 5.41) is 1.13. The van der Waals surface area contributed by atoms with Gasteiger partial charge < -0.3 is 13.9 Å². The van der Waals surface area contributed by atoms with E-state index >= 15 is 0 Å². The van der Waals surface area contributed by atoms with E-state index < -0.39 is 5.97 Å². The molecule has 34 heavy (non-hydrogen) atoms. The maximum absolute atomic E-state index is 12.9. The molecular formula is C27H20Cl2O5. The van der Waals surface area contributed by atoms with E-state index in [0.29, 0.717) is 26.7 Å². The van der Waals surface area contributed by atoms with Crippen LogP contribution in [0.5, 0.6) is 17.2 Å². The number of benzene rings is 3. The van der Waals surface area contributed by atoms with E-state index in [1.54, 1.807) is 24.3 Å². The third kappa shape index (κ3) is 5.33. The number of hydrogen-bond acceptors (Lipinski definition) is 5. The summed E-state index contributed by atoms with van der Waals surface area (Å²) in [6.07, 6.45) is 4.09. The minimum atomic E-state index is -0.599. The van der Waals surface area contributed by atoms with Crippen LogP contribution in [0, 0.1) is 0 Å². The molecule has 4 rings (SSSR count). The quantitative estimate of drug-likeness (QED) is 0.156. The van der Waals surface area contributed by atoms with Crippen LogP contribution < -0.4 is 14.9 Å². The molecule has 3 aromatic carbocycles. The molecule has 0 amide bonds. The highest BCUT2D eigenvalue weighted by Gasteiger charge is 2.14. The van der Waals surface area contributed by atoms with Crippen LogP contribution >= 0.6 is 23.2 Å². The Morgan fingerprint density at radius 2 is 1.76 bits per heavy atom. The molecular weight excluding hydrogens is 475 g/mol. The largest absolute Gasteiger partial charge is 0.460 e. The first kappa shape index (κ1) is 23.6. The molecule has 0 radical (unpaired) electrons. The van der Waals surface area contributed by atoms with Gasteiger partial charge in [0, 0.05) is 12.1 Å². The van der Waals surface area contributed by atoms with Crippen LogP contribution in [0.25, 0.3) is 17.0 Å². The standard InChI is InChI=1S/C27H20Cl2O5/c1-16(2)19-5-3-4-6-23(19)34-25-15-32-24-14-18(9-10-20(24)27(25)31)33-26(30)12-8-17-7-11-21(28)22(29)13-17/h3-16H,1-2H3. The molecule has 0 fully saturated rings. The number of para-hydroxylation sites is 1. The van der Waals surface area contributed by atoms with Gasteiger partial charge in [-0.3, -0.25) is 4.79 Å². The van der Waals surface area contributed by atoms with Crippen molar-refractivity contribution in [3.05, 3.63) is 104 Å². The van der Waals surface area contributed by atoms with E-state index in [0.717, 1.165) is 5.56 Å². The second-order valence-electron chi connectivity index (χ2n) is 7.81. The molecule has 0 aliphatic heterocycles. The van der Waals surface area contributed by atoms with Crippen molar-refractivity contribution in [2.45, 2.75) is 19.8 Å². The van der Waals surface area contributed by atoms with Gasteiger partial charge in [-0.05, 0) is 53.5 Å². The van der Waals surface area contributed by atoms with Crippen molar-refractivity contribution in [3.63, 3.8) is 0 Å². The zero-order chi connectivity index (χ0) is 24.2. The van der Waals surface area contributed by atoms with E-state index in [4.69, 9.17) is 37.1 Å². The van der Waals surface area contributed by atoms with Crippen molar-refractivity contribution in [2.24, 2.45) is 0 Å². The van der Waals surface area contributed by atoms with Crippen LogP contribution in [0.3, 0.4) is 0 Å². The zero-order valence-electron chi connectivity index (χ0n) is 18.4. The monoisotopic (exact) mass is 494 g/mol. The predicted octanol–water partition coefficient (Wildman–Crippen LogP) is 7.63. The van der Waals surface area contributed by atoms with Crippen molar-refractivity contribution in [1.82, 2.24) is 0 Å². The number of rotatable bonds is 6. The molecule has 5 nitrogen and oxygen atoms in total. The first-order chi connectivity index (χ1) is 16.3. The van der Waals surface area contributed by atoms with Crippen molar-refractivity contribution in [1.29, 1.82) is 0 Å². The highest BCUT2D eigenvalue weighted by atomic mass is 35.5. The van der Waals surface area contributed by atoms with Crippen molar-refractivity contribution in [3.8, 4) is 17.2 Å². The maximum atomic E-state index is 12.9. The number of halogens is 2. The van der Waals surface area contributed by atoms with E-state index in [9.17, 15) is 9.59 Å². The van der Waals surface area contributed by atoms with E-state index in [-0.39, 0.29) is 28.4 Å². The van der Waals surface area contributed by atoms with E-state index in [2.05, 4.69) is 0 Å². The van der Waals surface area contributed by atoms with Crippen molar-refractivity contribution in [2.75, 3.05) is 0 Å². The van der Waals surface area contributed by atoms with Gasteiger partial charge in [-0.15, -0.1) is 0 Å². The Morgan fingerprint density at radius 1 is 0.971 bits per heavy atom. The molecule has 0 spiro atoms. The minimum absolute atomic E-state index is 0.0786. The first-order valence-corrected chi connectivity index (χ1v) is 11.2.